The monoisotopic (exact) mass is 368 g/mol. The van der Waals surface area contributed by atoms with Crippen LogP contribution >= 0.6 is 11.3 Å². The summed E-state index contributed by atoms with van der Waals surface area (Å²) in [7, 11) is -3.54. The molecular formula is C15H16N2O5S2. The zero-order valence-corrected chi connectivity index (χ0v) is 14.5. The standard InChI is InChI=1S/C15H16N2O5S2/c1-11(18)17(12-4-5-13-14(9-12)22-10-21-13)7-6-16-24(19,20)15-3-2-8-23-15/h2-5,8-9,16H,6-7,10H2,1H3. The number of thiophene rings is 1. The smallest absolute Gasteiger partial charge is 0.250 e. The van der Waals surface area contributed by atoms with Gasteiger partial charge in [-0.25, -0.2) is 13.1 Å². The average Bonchev–Trinajstić information content (AvgIpc) is 3.21. The van der Waals surface area contributed by atoms with Crippen molar-refractivity contribution in [2.45, 2.75) is 11.1 Å². The molecule has 0 atom stereocenters. The van der Waals surface area contributed by atoms with Gasteiger partial charge >= 0.3 is 0 Å². The molecule has 24 heavy (non-hydrogen) atoms. The summed E-state index contributed by atoms with van der Waals surface area (Å²) in [5.74, 6) is 1.00. The highest BCUT2D eigenvalue weighted by atomic mass is 32.2. The summed E-state index contributed by atoms with van der Waals surface area (Å²) in [5, 5.41) is 1.70. The van der Waals surface area contributed by atoms with Crippen LogP contribution in [-0.2, 0) is 14.8 Å². The Morgan fingerprint density at radius 1 is 1.29 bits per heavy atom. The number of hydrogen-bond donors (Lipinski definition) is 1. The first-order valence-electron chi connectivity index (χ1n) is 7.18. The zero-order valence-electron chi connectivity index (χ0n) is 12.9. The van der Waals surface area contributed by atoms with Gasteiger partial charge in [-0.2, -0.15) is 0 Å². The average molecular weight is 368 g/mol. The van der Waals surface area contributed by atoms with E-state index in [2.05, 4.69) is 4.72 Å². The van der Waals surface area contributed by atoms with E-state index in [1.807, 2.05) is 0 Å². The summed E-state index contributed by atoms with van der Waals surface area (Å²) >= 11 is 1.14. The molecule has 7 nitrogen and oxygen atoms in total. The molecular weight excluding hydrogens is 352 g/mol. The highest BCUT2D eigenvalue weighted by molar-refractivity contribution is 7.91. The maximum Gasteiger partial charge on any atom is 0.250 e. The van der Waals surface area contributed by atoms with Crippen molar-refractivity contribution in [1.29, 1.82) is 0 Å². The molecule has 2 aromatic rings. The van der Waals surface area contributed by atoms with Gasteiger partial charge < -0.3 is 14.4 Å². The number of hydrogen-bond acceptors (Lipinski definition) is 6. The van der Waals surface area contributed by atoms with E-state index in [4.69, 9.17) is 9.47 Å². The summed E-state index contributed by atoms with van der Waals surface area (Å²) in [4.78, 5) is 13.4. The van der Waals surface area contributed by atoms with E-state index in [-0.39, 0.29) is 30.0 Å². The van der Waals surface area contributed by atoms with Crippen LogP contribution in [-0.4, -0.2) is 34.2 Å². The first-order chi connectivity index (χ1) is 11.5. The second-order valence-electron chi connectivity index (χ2n) is 5.04. The molecule has 0 unspecified atom stereocenters. The summed E-state index contributed by atoms with van der Waals surface area (Å²) in [6, 6.07) is 8.38. The van der Waals surface area contributed by atoms with Crippen LogP contribution in [0.1, 0.15) is 6.92 Å². The Kier molecular flexibility index (Phi) is 4.74. The molecule has 0 bridgehead atoms. The van der Waals surface area contributed by atoms with Gasteiger partial charge in [-0.15, -0.1) is 11.3 Å². The van der Waals surface area contributed by atoms with Crippen LogP contribution in [0, 0.1) is 0 Å². The number of fused-ring (bicyclic) bond motifs is 1. The Balaban J connectivity index is 1.68. The number of anilines is 1. The number of rotatable bonds is 6. The lowest BCUT2D eigenvalue weighted by Gasteiger charge is -2.21. The van der Waals surface area contributed by atoms with Gasteiger partial charge in [0, 0.05) is 31.8 Å². The number of carbonyl (C=O) groups is 1. The maximum absolute atomic E-state index is 12.1. The Morgan fingerprint density at radius 2 is 2.08 bits per heavy atom. The number of nitrogens with zero attached hydrogens (tertiary/aromatic N) is 1. The maximum atomic E-state index is 12.1. The molecule has 128 valence electrons. The van der Waals surface area contributed by atoms with Gasteiger partial charge in [0.1, 0.15) is 4.21 Å². The number of ether oxygens (including phenoxy) is 2. The molecule has 1 aliphatic rings. The SMILES string of the molecule is CC(=O)N(CCNS(=O)(=O)c1cccs1)c1ccc2c(c1)OCO2. The first kappa shape index (κ1) is 16.7. The van der Waals surface area contributed by atoms with Gasteiger partial charge in [0.15, 0.2) is 11.5 Å². The number of carbonyl (C=O) groups excluding carboxylic acids is 1. The second kappa shape index (κ2) is 6.80. The number of benzene rings is 1. The minimum Gasteiger partial charge on any atom is -0.454 e. The summed E-state index contributed by atoms with van der Waals surface area (Å²) in [5.41, 5.74) is 0.627. The fraction of sp³-hybridized carbons (Fsp3) is 0.267. The van der Waals surface area contributed by atoms with E-state index >= 15 is 0 Å². The van der Waals surface area contributed by atoms with Crippen LogP contribution in [0.4, 0.5) is 5.69 Å². The molecule has 0 radical (unpaired) electrons. The van der Waals surface area contributed by atoms with Crippen molar-refractivity contribution >= 4 is 33.0 Å². The van der Waals surface area contributed by atoms with Crippen LogP contribution in [0.25, 0.3) is 0 Å². The zero-order chi connectivity index (χ0) is 17.2. The third-order valence-corrected chi connectivity index (χ3v) is 6.29. The topological polar surface area (TPSA) is 84.9 Å². The Morgan fingerprint density at radius 3 is 2.79 bits per heavy atom. The van der Waals surface area contributed by atoms with Gasteiger partial charge in [0.2, 0.25) is 22.7 Å². The molecule has 1 aliphatic heterocycles. The lowest BCUT2D eigenvalue weighted by molar-refractivity contribution is -0.116. The van der Waals surface area contributed by atoms with Crippen LogP contribution in [0.15, 0.2) is 39.9 Å². The Hall–Kier alpha value is -2.10. The van der Waals surface area contributed by atoms with Crippen LogP contribution in [0.3, 0.4) is 0 Å². The van der Waals surface area contributed by atoms with Crippen LogP contribution < -0.4 is 19.1 Å². The van der Waals surface area contributed by atoms with E-state index in [1.165, 1.54) is 17.9 Å². The van der Waals surface area contributed by atoms with Crippen molar-refractivity contribution in [1.82, 2.24) is 4.72 Å². The molecule has 1 aromatic heterocycles. The lowest BCUT2D eigenvalue weighted by atomic mass is 10.2. The molecule has 9 heteroatoms. The van der Waals surface area contributed by atoms with Crippen molar-refractivity contribution in [2.75, 3.05) is 24.8 Å². The molecule has 0 aliphatic carbocycles. The lowest BCUT2D eigenvalue weighted by Crippen LogP contribution is -2.37. The number of sulfonamides is 1. The van der Waals surface area contributed by atoms with Gasteiger partial charge in [-0.05, 0) is 23.6 Å². The van der Waals surface area contributed by atoms with Crippen molar-refractivity contribution < 1.29 is 22.7 Å². The van der Waals surface area contributed by atoms with Gasteiger partial charge in [0.05, 0.1) is 0 Å². The Labute approximate surface area is 143 Å². The third-order valence-electron chi connectivity index (χ3n) is 3.44. The third kappa shape index (κ3) is 3.53. The molecule has 0 saturated carbocycles. The minimum absolute atomic E-state index is 0.105. The molecule has 0 fully saturated rings. The predicted molar refractivity (Wildman–Crippen MR) is 90.1 cm³/mol. The van der Waals surface area contributed by atoms with Gasteiger partial charge in [-0.1, -0.05) is 6.07 Å². The fourth-order valence-electron chi connectivity index (χ4n) is 2.30. The second-order valence-corrected chi connectivity index (χ2v) is 7.98. The van der Waals surface area contributed by atoms with E-state index in [9.17, 15) is 13.2 Å². The summed E-state index contributed by atoms with van der Waals surface area (Å²) < 4.78 is 37.5. The summed E-state index contributed by atoms with van der Waals surface area (Å²) in [6.45, 7) is 1.89. The predicted octanol–water partition coefficient (Wildman–Crippen LogP) is 1.81. The molecule has 1 amide bonds. The van der Waals surface area contributed by atoms with E-state index < -0.39 is 10.0 Å². The highest BCUT2D eigenvalue weighted by Gasteiger charge is 2.19. The van der Waals surface area contributed by atoms with Gasteiger partial charge in [-0.3, -0.25) is 4.79 Å². The molecule has 1 N–H and O–H groups in total. The normalized spacial score (nSPS) is 13.0. The van der Waals surface area contributed by atoms with E-state index in [0.29, 0.717) is 17.2 Å². The molecule has 2 heterocycles. The molecule has 0 saturated heterocycles. The molecule has 1 aromatic carbocycles. The Bertz CT molecular complexity index is 834. The van der Waals surface area contributed by atoms with Crippen molar-refractivity contribution in [3.05, 3.63) is 35.7 Å². The van der Waals surface area contributed by atoms with Gasteiger partial charge in [0.25, 0.3) is 0 Å². The quantitative estimate of drug-likeness (QED) is 0.841. The summed E-state index contributed by atoms with van der Waals surface area (Å²) in [6.07, 6.45) is 0. The minimum atomic E-state index is -3.54. The molecule has 0 spiro atoms. The van der Waals surface area contributed by atoms with Crippen molar-refractivity contribution in [3.8, 4) is 11.5 Å². The van der Waals surface area contributed by atoms with E-state index in [1.54, 1.807) is 29.6 Å². The van der Waals surface area contributed by atoms with Crippen molar-refractivity contribution in [2.24, 2.45) is 0 Å². The van der Waals surface area contributed by atoms with Crippen molar-refractivity contribution in [3.63, 3.8) is 0 Å². The number of amides is 1. The largest absolute Gasteiger partial charge is 0.454 e. The number of nitrogens with one attached hydrogen (secondary N) is 1. The van der Waals surface area contributed by atoms with E-state index in [0.717, 1.165) is 11.3 Å². The van der Waals surface area contributed by atoms with Crippen LogP contribution in [0.2, 0.25) is 0 Å². The first-order valence-corrected chi connectivity index (χ1v) is 9.54. The molecule has 3 rings (SSSR count). The highest BCUT2D eigenvalue weighted by Crippen LogP contribution is 2.35. The van der Waals surface area contributed by atoms with Crippen LogP contribution in [0.5, 0.6) is 11.5 Å². The fourth-order valence-corrected chi connectivity index (χ4v) is 4.36.